The molecule has 0 unspecified atom stereocenters. The van der Waals surface area contributed by atoms with Crippen LogP contribution in [0, 0.1) is 0 Å². The fraction of sp³-hybridized carbons (Fsp3) is 1.00. The summed E-state index contributed by atoms with van der Waals surface area (Å²) in [6.07, 6.45) is 3.02. The van der Waals surface area contributed by atoms with Crippen molar-refractivity contribution in [3.8, 4) is 0 Å². The van der Waals surface area contributed by atoms with Crippen molar-refractivity contribution < 1.29 is 28.8 Å². The van der Waals surface area contributed by atoms with Gasteiger partial charge in [-0.2, -0.15) is 0 Å². The second kappa shape index (κ2) is 12.8. The second-order valence-corrected chi connectivity index (χ2v) is 4.23. The summed E-state index contributed by atoms with van der Waals surface area (Å²) in [5, 5.41) is 8.48. The van der Waals surface area contributed by atoms with E-state index in [2.05, 4.69) is 0 Å². The number of hydrogen-bond acceptors (Lipinski definition) is 6. The first kappa shape index (κ1) is 16.8. The summed E-state index contributed by atoms with van der Waals surface area (Å²) in [5.41, 5.74) is 0. The highest BCUT2D eigenvalue weighted by molar-refractivity contribution is 4.52. The van der Waals surface area contributed by atoms with E-state index in [0.717, 1.165) is 39.1 Å². The minimum Gasteiger partial charge on any atom is -0.394 e. The van der Waals surface area contributed by atoms with Crippen LogP contribution < -0.4 is 0 Å². The molecule has 0 amide bonds. The lowest BCUT2D eigenvalue weighted by molar-refractivity contribution is -0.0492. The number of aliphatic hydroxyl groups excluding tert-OH is 1. The molecule has 0 aromatic carbocycles. The van der Waals surface area contributed by atoms with Crippen LogP contribution in [0.25, 0.3) is 0 Å². The Morgan fingerprint density at radius 2 is 1.37 bits per heavy atom. The van der Waals surface area contributed by atoms with Gasteiger partial charge in [0.1, 0.15) is 0 Å². The van der Waals surface area contributed by atoms with Crippen LogP contribution in [0.5, 0.6) is 0 Å². The molecule has 6 heteroatoms. The maximum absolute atomic E-state index is 8.48. The average Bonchev–Trinajstić information content (AvgIpc) is 2.93. The van der Waals surface area contributed by atoms with Crippen molar-refractivity contribution in [1.29, 1.82) is 0 Å². The molecule has 1 fully saturated rings. The molecule has 0 aromatic heterocycles. The number of ether oxygens (including phenoxy) is 5. The molecule has 1 rings (SSSR count). The summed E-state index contributed by atoms with van der Waals surface area (Å²) in [6.45, 7) is 4.86. The highest BCUT2D eigenvalue weighted by Gasteiger charge is 2.14. The second-order valence-electron chi connectivity index (χ2n) is 4.23. The normalized spacial score (nSPS) is 16.3. The highest BCUT2D eigenvalue weighted by Crippen LogP contribution is 2.11. The summed E-state index contributed by atoms with van der Waals surface area (Å²) in [4.78, 5) is 0. The molecule has 1 aliphatic rings. The van der Waals surface area contributed by atoms with Crippen LogP contribution in [0.4, 0.5) is 0 Å². The molecule has 0 spiro atoms. The van der Waals surface area contributed by atoms with E-state index in [1.807, 2.05) is 0 Å². The lowest BCUT2D eigenvalue weighted by atomic mass is 10.2. The van der Waals surface area contributed by atoms with Gasteiger partial charge in [0.15, 0.2) is 6.29 Å². The van der Waals surface area contributed by atoms with Gasteiger partial charge in [0.05, 0.1) is 52.9 Å². The van der Waals surface area contributed by atoms with Gasteiger partial charge in [0.25, 0.3) is 0 Å². The van der Waals surface area contributed by atoms with Crippen molar-refractivity contribution in [3.63, 3.8) is 0 Å². The van der Waals surface area contributed by atoms with Crippen LogP contribution in [0.1, 0.15) is 19.3 Å². The Labute approximate surface area is 114 Å². The van der Waals surface area contributed by atoms with E-state index in [0.29, 0.717) is 33.0 Å². The third kappa shape index (κ3) is 10.2. The molecular formula is C13H26O6. The van der Waals surface area contributed by atoms with Gasteiger partial charge < -0.3 is 28.8 Å². The van der Waals surface area contributed by atoms with Crippen LogP contribution in [0.3, 0.4) is 0 Å². The van der Waals surface area contributed by atoms with Gasteiger partial charge in [-0.1, -0.05) is 0 Å². The van der Waals surface area contributed by atoms with E-state index in [1.54, 1.807) is 0 Å². The largest absolute Gasteiger partial charge is 0.394 e. The minimum atomic E-state index is 0.00209. The van der Waals surface area contributed by atoms with E-state index >= 15 is 0 Å². The molecule has 1 N–H and O–H groups in total. The van der Waals surface area contributed by atoms with Crippen LogP contribution >= 0.6 is 0 Å². The van der Waals surface area contributed by atoms with Crippen molar-refractivity contribution in [1.82, 2.24) is 0 Å². The van der Waals surface area contributed by atoms with Crippen molar-refractivity contribution in [3.05, 3.63) is 0 Å². The Morgan fingerprint density at radius 1 is 0.789 bits per heavy atom. The lowest BCUT2D eigenvalue weighted by Gasteiger charge is -2.09. The quantitative estimate of drug-likeness (QED) is 0.497. The third-order valence-electron chi connectivity index (χ3n) is 2.65. The van der Waals surface area contributed by atoms with Gasteiger partial charge in [-0.25, -0.2) is 0 Å². The maximum atomic E-state index is 8.48. The van der Waals surface area contributed by atoms with E-state index in [-0.39, 0.29) is 12.9 Å². The summed E-state index contributed by atoms with van der Waals surface area (Å²) < 4.78 is 26.5. The molecule has 0 radical (unpaired) electrons. The monoisotopic (exact) mass is 278 g/mol. The Balaban J connectivity index is 1.67. The first-order valence-corrected chi connectivity index (χ1v) is 7.01. The molecule has 0 aromatic rings. The van der Waals surface area contributed by atoms with E-state index < -0.39 is 0 Å². The molecule has 1 saturated heterocycles. The summed E-state index contributed by atoms with van der Waals surface area (Å²) in [7, 11) is 0. The van der Waals surface area contributed by atoms with Crippen LogP contribution in [0.2, 0.25) is 0 Å². The standard InChI is InChI=1S/C13H26O6/c14-4-6-16-8-10-17-9-7-15-5-2-1-3-13-18-11-12-19-13/h13-14H,1-12H2. The molecular weight excluding hydrogens is 252 g/mol. The van der Waals surface area contributed by atoms with Gasteiger partial charge >= 0.3 is 0 Å². The smallest absolute Gasteiger partial charge is 0.157 e. The van der Waals surface area contributed by atoms with Crippen molar-refractivity contribution in [2.75, 3.05) is 59.5 Å². The van der Waals surface area contributed by atoms with Crippen molar-refractivity contribution in [2.24, 2.45) is 0 Å². The van der Waals surface area contributed by atoms with Gasteiger partial charge in [0.2, 0.25) is 0 Å². The predicted octanol–water partition coefficient (Wildman–Crippen LogP) is 0.572. The minimum absolute atomic E-state index is 0.00209. The zero-order valence-electron chi connectivity index (χ0n) is 11.6. The third-order valence-corrected chi connectivity index (χ3v) is 2.65. The van der Waals surface area contributed by atoms with Gasteiger partial charge in [-0.3, -0.25) is 0 Å². The summed E-state index contributed by atoms with van der Waals surface area (Å²) in [6, 6.07) is 0. The SMILES string of the molecule is OCCOCCOCCOCCCCC1OCCO1. The maximum Gasteiger partial charge on any atom is 0.157 e. The average molecular weight is 278 g/mol. The molecule has 1 heterocycles. The zero-order chi connectivity index (χ0) is 13.6. The van der Waals surface area contributed by atoms with E-state index in [4.69, 9.17) is 28.8 Å². The number of unbranched alkanes of at least 4 members (excludes halogenated alkanes) is 1. The van der Waals surface area contributed by atoms with Crippen LogP contribution in [0.15, 0.2) is 0 Å². The van der Waals surface area contributed by atoms with Crippen LogP contribution in [-0.4, -0.2) is 70.9 Å². The summed E-state index contributed by atoms with van der Waals surface area (Å²) >= 11 is 0. The molecule has 0 aliphatic carbocycles. The van der Waals surface area contributed by atoms with Crippen molar-refractivity contribution in [2.45, 2.75) is 25.6 Å². The van der Waals surface area contributed by atoms with Gasteiger partial charge in [0, 0.05) is 6.61 Å². The summed E-state index contributed by atoms with van der Waals surface area (Å²) in [5.74, 6) is 0. The fourth-order valence-electron chi connectivity index (χ4n) is 1.70. The Morgan fingerprint density at radius 3 is 2.00 bits per heavy atom. The molecule has 0 saturated carbocycles. The van der Waals surface area contributed by atoms with Crippen LogP contribution in [-0.2, 0) is 23.7 Å². The molecule has 0 atom stereocenters. The van der Waals surface area contributed by atoms with E-state index in [1.165, 1.54) is 0 Å². The molecule has 1 aliphatic heterocycles. The zero-order valence-corrected chi connectivity index (χ0v) is 11.6. The molecule has 6 nitrogen and oxygen atoms in total. The van der Waals surface area contributed by atoms with E-state index in [9.17, 15) is 0 Å². The topological polar surface area (TPSA) is 66.4 Å². The van der Waals surface area contributed by atoms with Gasteiger partial charge in [-0.15, -0.1) is 0 Å². The highest BCUT2D eigenvalue weighted by atomic mass is 16.7. The van der Waals surface area contributed by atoms with Crippen molar-refractivity contribution >= 4 is 0 Å². The Kier molecular flexibility index (Phi) is 11.3. The first-order valence-electron chi connectivity index (χ1n) is 7.01. The fourth-order valence-corrected chi connectivity index (χ4v) is 1.70. The molecule has 114 valence electrons. The number of rotatable bonds is 13. The Bertz CT molecular complexity index is 184. The first-order chi connectivity index (χ1) is 9.43. The predicted molar refractivity (Wildman–Crippen MR) is 69.1 cm³/mol. The lowest BCUT2D eigenvalue weighted by Crippen LogP contribution is -2.11. The molecule has 19 heavy (non-hydrogen) atoms. The number of aliphatic hydroxyl groups is 1. The molecule has 0 bridgehead atoms. The number of hydrogen-bond donors (Lipinski definition) is 1. The Hall–Kier alpha value is -0.240. The van der Waals surface area contributed by atoms with Gasteiger partial charge in [-0.05, 0) is 19.3 Å².